The van der Waals surface area contributed by atoms with Gasteiger partial charge in [0, 0.05) is 32.0 Å². The van der Waals surface area contributed by atoms with E-state index in [0.717, 1.165) is 24.8 Å². The van der Waals surface area contributed by atoms with Crippen molar-refractivity contribution in [3.05, 3.63) is 61.1 Å². The van der Waals surface area contributed by atoms with Crippen LogP contribution < -0.4 is 30.3 Å². The topological polar surface area (TPSA) is 124 Å². The second-order valence-corrected chi connectivity index (χ2v) is 10.6. The average Bonchev–Trinajstić information content (AvgIpc) is 2.94. The number of nitrogens with zero attached hydrogens (tertiary/aromatic N) is 4. The number of amides is 1. The molecule has 11 nitrogen and oxygen atoms in total. The molecule has 0 spiro atoms. The van der Waals surface area contributed by atoms with Gasteiger partial charge in [0.2, 0.25) is 11.9 Å². The summed E-state index contributed by atoms with van der Waals surface area (Å²) in [6.45, 7) is 6.97. The molecule has 0 aliphatic heterocycles. The Kier molecular flexibility index (Phi) is 11.4. The Morgan fingerprint density at radius 3 is 2.49 bits per heavy atom. The molecule has 0 bridgehead atoms. The van der Waals surface area contributed by atoms with E-state index in [1.165, 1.54) is 13.2 Å². The number of ether oxygens (including phenoxy) is 1. The predicted molar refractivity (Wildman–Crippen MR) is 166 cm³/mol. The molecule has 220 valence electrons. The minimum Gasteiger partial charge on any atom is -0.494 e. The van der Waals surface area contributed by atoms with Gasteiger partial charge in [-0.2, -0.15) is 4.98 Å². The number of methoxy groups -OCH3 is 1. The third-order valence-electron chi connectivity index (χ3n) is 5.84. The van der Waals surface area contributed by atoms with E-state index in [9.17, 15) is 13.4 Å². The maximum atomic E-state index is 14.8. The molecule has 1 aromatic heterocycles. The lowest BCUT2D eigenvalue weighted by Gasteiger charge is -2.26. The van der Waals surface area contributed by atoms with Gasteiger partial charge in [0.1, 0.15) is 16.7 Å². The van der Waals surface area contributed by atoms with Gasteiger partial charge in [-0.05, 0) is 44.8 Å². The number of aromatic nitrogens is 2. The second kappa shape index (κ2) is 15.0. The van der Waals surface area contributed by atoms with Crippen LogP contribution in [0, 0.1) is 5.82 Å². The average molecular weight is 585 g/mol. The molecule has 1 amide bonds. The summed E-state index contributed by atoms with van der Waals surface area (Å²) in [5, 5.41) is 8.87. The van der Waals surface area contributed by atoms with Crippen molar-refractivity contribution >= 4 is 57.1 Å². The fourth-order valence-electron chi connectivity index (χ4n) is 3.71. The summed E-state index contributed by atoms with van der Waals surface area (Å²) < 4.78 is 35.6. The molecular weight excluding hydrogens is 547 g/mol. The molecular formula is C28H37FN8O3S. The summed E-state index contributed by atoms with van der Waals surface area (Å²) >= 11 is 0. The Morgan fingerprint density at radius 2 is 1.83 bits per heavy atom. The highest BCUT2D eigenvalue weighted by Crippen LogP contribution is 2.38. The molecule has 4 N–H and O–H groups in total. The van der Waals surface area contributed by atoms with Crippen molar-refractivity contribution in [3.63, 3.8) is 0 Å². The Hall–Kier alpha value is -4.23. The maximum Gasteiger partial charge on any atom is 0.247 e. The van der Waals surface area contributed by atoms with Crippen molar-refractivity contribution in [3.8, 4) is 5.75 Å². The first kappa shape index (κ1) is 31.3. The molecule has 13 heteroatoms. The molecule has 0 aliphatic rings. The predicted octanol–water partition coefficient (Wildman–Crippen LogP) is 4.72. The summed E-state index contributed by atoms with van der Waals surface area (Å²) in [4.78, 5) is 24.7. The Bertz CT molecular complexity index is 1390. The van der Waals surface area contributed by atoms with Crippen molar-refractivity contribution in [2.24, 2.45) is 0 Å². The van der Waals surface area contributed by atoms with E-state index in [-0.39, 0.29) is 17.7 Å². The molecule has 2 aromatic carbocycles. The fourth-order valence-corrected chi connectivity index (χ4v) is 4.61. The largest absolute Gasteiger partial charge is 0.494 e. The summed E-state index contributed by atoms with van der Waals surface area (Å²) in [5.74, 6) is -0.113. The second-order valence-electron chi connectivity index (χ2n) is 9.33. The van der Waals surface area contributed by atoms with Crippen LogP contribution in [0.5, 0.6) is 5.75 Å². The van der Waals surface area contributed by atoms with Gasteiger partial charge >= 0.3 is 0 Å². The molecule has 0 aliphatic carbocycles. The number of nitrogens with one attached hydrogen (secondary N) is 4. The zero-order valence-electron chi connectivity index (χ0n) is 24.0. The van der Waals surface area contributed by atoms with E-state index >= 15 is 0 Å². The first-order valence-corrected chi connectivity index (χ1v) is 14.3. The van der Waals surface area contributed by atoms with E-state index in [4.69, 9.17) is 4.74 Å². The standard InChI is InChI=1S/C28H37FN8O3S/c1-7-15-41(39)35-21-12-10-9-11-20(21)32-27-19(29)18-30-28(34-27)33-23-16-22(31-26(38)8-2)24(17-25(23)40-6)37(5)14-13-36(3)4/h8-12,16-18,35H,2,7,13-15H2,1,3-6H3,(H,31,38)(H2,30,32,33,34). The van der Waals surface area contributed by atoms with Crippen LogP contribution in [-0.4, -0.2) is 72.1 Å². The Morgan fingerprint density at radius 1 is 1.10 bits per heavy atom. The van der Waals surface area contributed by atoms with Crippen molar-refractivity contribution in [1.82, 2.24) is 14.9 Å². The summed E-state index contributed by atoms with van der Waals surface area (Å²) in [6, 6.07) is 10.5. The van der Waals surface area contributed by atoms with Crippen LogP contribution in [0.4, 0.5) is 44.6 Å². The molecule has 0 radical (unpaired) electrons. The van der Waals surface area contributed by atoms with E-state index in [1.54, 1.807) is 36.4 Å². The van der Waals surface area contributed by atoms with Crippen LogP contribution in [0.15, 0.2) is 55.3 Å². The molecule has 3 aromatic rings. The number of carbonyl (C=O) groups excluding carboxylic acids is 1. The number of anilines is 7. The summed E-state index contributed by atoms with van der Waals surface area (Å²) in [5.41, 5.74) is 2.74. The van der Waals surface area contributed by atoms with Crippen molar-refractivity contribution in [2.45, 2.75) is 13.3 Å². The highest BCUT2D eigenvalue weighted by Gasteiger charge is 2.17. The van der Waals surface area contributed by atoms with Gasteiger partial charge in [-0.25, -0.2) is 13.6 Å². The number of rotatable bonds is 15. The molecule has 3 rings (SSSR count). The van der Waals surface area contributed by atoms with Crippen LogP contribution in [0.25, 0.3) is 0 Å². The minimum absolute atomic E-state index is 0.0851. The van der Waals surface area contributed by atoms with Crippen molar-refractivity contribution in [2.75, 3.05) is 72.7 Å². The molecule has 1 unspecified atom stereocenters. The molecule has 0 fully saturated rings. The number of para-hydroxylation sites is 2. The molecule has 41 heavy (non-hydrogen) atoms. The van der Waals surface area contributed by atoms with E-state index in [1.807, 2.05) is 33.0 Å². The maximum absolute atomic E-state index is 14.8. The smallest absolute Gasteiger partial charge is 0.247 e. The minimum atomic E-state index is -1.28. The number of benzene rings is 2. The van der Waals surface area contributed by atoms with E-state index in [0.29, 0.717) is 40.8 Å². The normalized spacial score (nSPS) is 11.5. The molecule has 0 saturated carbocycles. The van der Waals surface area contributed by atoms with Crippen LogP contribution in [-0.2, 0) is 15.8 Å². The summed E-state index contributed by atoms with van der Waals surface area (Å²) in [6.07, 6.45) is 2.98. The highest BCUT2D eigenvalue weighted by atomic mass is 32.2. The van der Waals surface area contributed by atoms with Gasteiger partial charge in [0.05, 0.1) is 41.7 Å². The zero-order valence-corrected chi connectivity index (χ0v) is 24.8. The SMILES string of the molecule is C=CC(=O)Nc1cc(Nc2ncc(F)c(Nc3ccccc3NS(=O)CCC)n2)c(OC)cc1N(C)CCN(C)C. The molecule has 0 saturated heterocycles. The van der Waals surface area contributed by atoms with Gasteiger partial charge in [-0.15, -0.1) is 0 Å². The lowest BCUT2D eigenvalue weighted by molar-refractivity contribution is -0.111. The fraction of sp³-hybridized carbons (Fsp3) is 0.321. The first-order valence-electron chi connectivity index (χ1n) is 13.0. The third kappa shape index (κ3) is 8.88. The van der Waals surface area contributed by atoms with Gasteiger partial charge in [0.15, 0.2) is 11.6 Å². The third-order valence-corrected chi connectivity index (χ3v) is 7.07. The first-order chi connectivity index (χ1) is 19.6. The van der Waals surface area contributed by atoms with Crippen LogP contribution in [0.2, 0.25) is 0 Å². The van der Waals surface area contributed by atoms with Crippen LogP contribution in [0.3, 0.4) is 0 Å². The quantitative estimate of drug-likeness (QED) is 0.188. The van der Waals surface area contributed by atoms with Gasteiger partial charge in [-0.1, -0.05) is 25.6 Å². The number of hydrogen-bond acceptors (Lipinski definition) is 9. The van der Waals surface area contributed by atoms with Crippen molar-refractivity contribution in [1.29, 1.82) is 0 Å². The number of likely N-dealkylation sites (N-methyl/N-ethyl adjacent to an activating group) is 2. The van der Waals surface area contributed by atoms with E-state index < -0.39 is 16.8 Å². The summed E-state index contributed by atoms with van der Waals surface area (Å²) in [7, 11) is 6.13. The van der Waals surface area contributed by atoms with Crippen LogP contribution >= 0.6 is 0 Å². The van der Waals surface area contributed by atoms with Gasteiger partial charge in [0.25, 0.3) is 0 Å². The van der Waals surface area contributed by atoms with E-state index in [2.05, 4.69) is 42.1 Å². The number of hydrogen-bond donors (Lipinski definition) is 4. The number of carbonyl (C=O) groups is 1. The zero-order chi connectivity index (χ0) is 29.9. The monoisotopic (exact) mass is 584 g/mol. The Balaban J connectivity index is 1.94. The highest BCUT2D eigenvalue weighted by molar-refractivity contribution is 7.86. The Labute approximate surface area is 242 Å². The molecule has 1 atom stereocenters. The van der Waals surface area contributed by atoms with Gasteiger partial charge in [-0.3, -0.25) is 4.79 Å². The van der Waals surface area contributed by atoms with Gasteiger partial charge < -0.3 is 35.2 Å². The van der Waals surface area contributed by atoms with Crippen LogP contribution in [0.1, 0.15) is 13.3 Å². The van der Waals surface area contributed by atoms with Crippen molar-refractivity contribution < 1.29 is 18.1 Å². The molecule has 1 heterocycles. The lowest BCUT2D eigenvalue weighted by atomic mass is 10.2. The number of halogens is 1. The lowest BCUT2D eigenvalue weighted by Crippen LogP contribution is -2.29.